The summed E-state index contributed by atoms with van der Waals surface area (Å²) in [5, 5.41) is 8.51. The maximum Gasteiger partial charge on any atom is 0.306 e. The van der Waals surface area contributed by atoms with Crippen LogP contribution in [0.25, 0.3) is 0 Å². The smallest absolute Gasteiger partial charge is 0.306 e. The van der Waals surface area contributed by atoms with Crippen molar-refractivity contribution < 1.29 is 19.4 Å². The van der Waals surface area contributed by atoms with E-state index in [0.717, 1.165) is 12.8 Å². The minimum atomic E-state index is -0.789. The number of carbonyl (C=O) groups excluding carboxylic acids is 1. The van der Waals surface area contributed by atoms with Gasteiger partial charge in [0, 0.05) is 11.5 Å². The number of ether oxygens (including phenoxy) is 1. The number of thioether (sulfide) groups is 1. The maximum atomic E-state index is 11.5. The van der Waals surface area contributed by atoms with Crippen molar-refractivity contribution in [1.29, 1.82) is 0 Å². The number of hydrogen-bond donors (Lipinski definition) is 1. The molecule has 0 aliphatic heterocycles. The molecular weight excluding hydrogens is 348 g/mol. The Morgan fingerprint density at radius 3 is 1.69 bits per heavy atom. The molecule has 0 saturated carbocycles. The first-order chi connectivity index (χ1) is 12.7. The van der Waals surface area contributed by atoms with Crippen molar-refractivity contribution in [3.8, 4) is 0 Å². The molecule has 0 bridgehead atoms. The van der Waals surface area contributed by atoms with Crippen LogP contribution in [-0.4, -0.2) is 35.2 Å². The highest BCUT2D eigenvalue weighted by Gasteiger charge is 2.03. The van der Waals surface area contributed by atoms with Crippen LogP contribution in [-0.2, 0) is 14.3 Å². The summed E-state index contributed by atoms with van der Waals surface area (Å²) in [5.74, 6) is 0.251. The summed E-state index contributed by atoms with van der Waals surface area (Å²) in [7, 11) is 0. The van der Waals surface area contributed by atoms with Gasteiger partial charge >= 0.3 is 11.9 Å². The first-order valence-electron chi connectivity index (χ1n) is 10.6. The van der Waals surface area contributed by atoms with E-state index < -0.39 is 5.97 Å². The van der Waals surface area contributed by atoms with E-state index in [9.17, 15) is 9.59 Å². The standard InChI is InChI=1S/C21H40O4S/c1-2-3-4-5-6-7-8-9-10-11-12-13-14-17-25-21(24)16-19-26-18-15-20(22)23/h2-19H2,1H3,(H,22,23). The van der Waals surface area contributed by atoms with Gasteiger partial charge in [-0.1, -0.05) is 84.0 Å². The largest absolute Gasteiger partial charge is 0.481 e. The second-order valence-electron chi connectivity index (χ2n) is 6.97. The fraction of sp³-hybridized carbons (Fsp3) is 0.905. The average molecular weight is 389 g/mol. The zero-order valence-electron chi connectivity index (χ0n) is 16.8. The lowest BCUT2D eigenvalue weighted by Gasteiger charge is -2.05. The zero-order chi connectivity index (χ0) is 19.3. The van der Waals surface area contributed by atoms with E-state index in [4.69, 9.17) is 9.84 Å². The number of esters is 1. The molecule has 0 spiro atoms. The highest BCUT2D eigenvalue weighted by atomic mass is 32.2. The molecule has 0 radical (unpaired) electrons. The third-order valence-corrected chi connectivity index (χ3v) is 5.41. The van der Waals surface area contributed by atoms with Crippen molar-refractivity contribution in [3.05, 3.63) is 0 Å². The minimum Gasteiger partial charge on any atom is -0.481 e. The molecular formula is C21H40O4S. The minimum absolute atomic E-state index is 0.151. The van der Waals surface area contributed by atoms with E-state index in [-0.39, 0.29) is 12.4 Å². The monoisotopic (exact) mass is 388 g/mol. The van der Waals surface area contributed by atoms with E-state index in [2.05, 4.69) is 6.92 Å². The highest BCUT2D eigenvalue weighted by Crippen LogP contribution is 2.12. The molecule has 5 heteroatoms. The Balaban J connectivity index is 3.14. The van der Waals surface area contributed by atoms with Gasteiger partial charge in [-0.15, -0.1) is 0 Å². The van der Waals surface area contributed by atoms with Crippen LogP contribution in [0.2, 0.25) is 0 Å². The third kappa shape index (κ3) is 21.3. The third-order valence-electron chi connectivity index (χ3n) is 4.42. The summed E-state index contributed by atoms with van der Waals surface area (Å²) >= 11 is 1.49. The molecule has 0 amide bonds. The van der Waals surface area contributed by atoms with Crippen molar-refractivity contribution in [3.63, 3.8) is 0 Å². The molecule has 0 aromatic heterocycles. The normalized spacial score (nSPS) is 10.8. The van der Waals surface area contributed by atoms with Crippen LogP contribution < -0.4 is 0 Å². The van der Waals surface area contributed by atoms with Gasteiger partial charge in [0.25, 0.3) is 0 Å². The second-order valence-corrected chi connectivity index (χ2v) is 8.19. The van der Waals surface area contributed by atoms with Crippen LogP contribution in [0, 0.1) is 0 Å². The van der Waals surface area contributed by atoms with Crippen LogP contribution >= 0.6 is 11.8 Å². The summed E-state index contributed by atoms with van der Waals surface area (Å²) < 4.78 is 5.20. The Hall–Kier alpha value is -0.710. The number of hydrogen-bond acceptors (Lipinski definition) is 4. The van der Waals surface area contributed by atoms with Gasteiger partial charge in [-0.2, -0.15) is 11.8 Å². The quantitative estimate of drug-likeness (QED) is 0.198. The highest BCUT2D eigenvalue weighted by molar-refractivity contribution is 7.99. The molecule has 0 atom stereocenters. The summed E-state index contributed by atoms with van der Waals surface area (Å²) in [6.07, 6.45) is 17.6. The van der Waals surface area contributed by atoms with E-state index in [1.54, 1.807) is 0 Å². The summed E-state index contributed by atoms with van der Waals surface area (Å²) in [6, 6.07) is 0. The van der Waals surface area contributed by atoms with Crippen LogP contribution in [0.3, 0.4) is 0 Å². The first-order valence-corrected chi connectivity index (χ1v) is 11.8. The van der Waals surface area contributed by atoms with E-state index in [1.165, 1.54) is 82.4 Å². The van der Waals surface area contributed by atoms with Gasteiger partial charge in [0.1, 0.15) is 0 Å². The summed E-state index contributed by atoms with van der Waals surface area (Å²) in [6.45, 7) is 2.78. The van der Waals surface area contributed by atoms with Crippen LogP contribution in [0.1, 0.15) is 103 Å². The van der Waals surface area contributed by atoms with Crippen molar-refractivity contribution in [2.45, 2.75) is 103 Å². The molecule has 0 unspecified atom stereocenters. The molecule has 0 aliphatic rings. The van der Waals surface area contributed by atoms with E-state index in [0.29, 0.717) is 24.5 Å². The van der Waals surface area contributed by atoms with Gasteiger partial charge in [-0.3, -0.25) is 9.59 Å². The molecule has 0 aliphatic carbocycles. The number of unbranched alkanes of at least 4 members (excludes halogenated alkanes) is 12. The number of carboxylic acid groups (broad SMARTS) is 1. The van der Waals surface area contributed by atoms with Gasteiger partial charge in [0.15, 0.2) is 0 Å². The molecule has 0 saturated heterocycles. The van der Waals surface area contributed by atoms with E-state index >= 15 is 0 Å². The fourth-order valence-corrected chi connectivity index (χ4v) is 3.63. The number of carbonyl (C=O) groups is 2. The molecule has 0 aromatic carbocycles. The lowest BCUT2D eigenvalue weighted by molar-refractivity contribution is -0.143. The van der Waals surface area contributed by atoms with Gasteiger partial charge in [-0.05, 0) is 6.42 Å². The molecule has 0 fully saturated rings. The maximum absolute atomic E-state index is 11.5. The molecule has 0 aromatic rings. The number of aliphatic carboxylic acids is 1. The van der Waals surface area contributed by atoms with Gasteiger partial charge in [0.05, 0.1) is 19.4 Å². The van der Waals surface area contributed by atoms with Crippen molar-refractivity contribution in [1.82, 2.24) is 0 Å². The number of rotatable bonds is 20. The van der Waals surface area contributed by atoms with Gasteiger partial charge < -0.3 is 9.84 Å². The van der Waals surface area contributed by atoms with Crippen molar-refractivity contribution in [2.75, 3.05) is 18.1 Å². The topological polar surface area (TPSA) is 63.6 Å². The molecule has 26 heavy (non-hydrogen) atoms. The summed E-state index contributed by atoms with van der Waals surface area (Å²) in [5.41, 5.74) is 0. The Labute approximate surface area is 164 Å². The molecule has 154 valence electrons. The fourth-order valence-electron chi connectivity index (χ4n) is 2.80. The van der Waals surface area contributed by atoms with Crippen LogP contribution in [0.4, 0.5) is 0 Å². The Morgan fingerprint density at radius 2 is 1.19 bits per heavy atom. The molecule has 1 N–H and O–H groups in total. The lowest BCUT2D eigenvalue weighted by atomic mass is 10.0. The van der Waals surface area contributed by atoms with E-state index in [1.807, 2.05) is 0 Å². The Morgan fingerprint density at radius 1 is 0.731 bits per heavy atom. The SMILES string of the molecule is CCCCCCCCCCCCCCCOC(=O)CCSCCC(=O)O. The molecule has 0 rings (SSSR count). The summed E-state index contributed by atoms with van der Waals surface area (Å²) in [4.78, 5) is 21.9. The van der Waals surface area contributed by atoms with Crippen LogP contribution in [0.5, 0.6) is 0 Å². The van der Waals surface area contributed by atoms with Gasteiger partial charge in [0.2, 0.25) is 0 Å². The first kappa shape index (κ1) is 25.3. The van der Waals surface area contributed by atoms with Crippen molar-refractivity contribution >= 4 is 23.7 Å². The average Bonchev–Trinajstić information content (AvgIpc) is 2.61. The lowest BCUT2D eigenvalue weighted by Crippen LogP contribution is -2.07. The van der Waals surface area contributed by atoms with Crippen LogP contribution in [0.15, 0.2) is 0 Å². The van der Waals surface area contributed by atoms with Gasteiger partial charge in [-0.25, -0.2) is 0 Å². The predicted molar refractivity (Wildman–Crippen MR) is 111 cm³/mol. The zero-order valence-corrected chi connectivity index (χ0v) is 17.6. The molecule has 4 nitrogen and oxygen atoms in total. The number of carboxylic acids is 1. The Kier molecular flexibility index (Phi) is 20.0. The van der Waals surface area contributed by atoms with Crippen molar-refractivity contribution in [2.24, 2.45) is 0 Å². The molecule has 0 heterocycles. The Bertz CT molecular complexity index is 334. The second kappa shape index (κ2) is 20.6. The predicted octanol–water partition coefficient (Wildman–Crippen LogP) is 6.22.